The van der Waals surface area contributed by atoms with Crippen LogP contribution in [0.1, 0.15) is 30.1 Å². The van der Waals surface area contributed by atoms with Gasteiger partial charge in [0.05, 0.1) is 0 Å². The maximum absolute atomic E-state index is 12.1. The molecular formula is C7H7F3N2O2S. The molecule has 0 spiro atoms. The Kier molecular flexibility index (Phi) is 3.28. The number of hydrogen-bond donors (Lipinski definition) is 1. The number of aromatic nitrogens is 2. The van der Waals surface area contributed by atoms with Gasteiger partial charge in [0.1, 0.15) is 10.9 Å². The van der Waals surface area contributed by atoms with E-state index in [4.69, 9.17) is 5.11 Å². The molecule has 0 amide bonds. The maximum Gasteiger partial charge on any atom is 0.452 e. The quantitative estimate of drug-likeness (QED) is 0.879. The molecule has 0 saturated heterocycles. The minimum atomic E-state index is -4.62. The number of hydrogen-bond acceptors (Lipinski definition) is 4. The normalized spacial score (nSPS) is 13.9. The van der Waals surface area contributed by atoms with Crippen molar-refractivity contribution in [2.24, 2.45) is 0 Å². The van der Waals surface area contributed by atoms with Gasteiger partial charge in [-0.25, -0.2) is 4.98 Å². The molecule has 1 N–H and O–H groups in total. The number of nitrogens with zero attached hydrogens (tertiary/aromatic N) is 2. The van der Waals surface area contributed by atoms with Gasteiger partial charge in [-0.3, -0.25) is 4.79 Å². The molecule has 1 rings (SSSR count). The van der Waals surface area contributed by atoms with Crippen LogP contribution in [0.25, 0.3) is 0 Å². The van der Waals surface area contributed by atoms with E-state index in [0.29, 0.717) is 11.5 Å². The van der Waals surface area contributed by atoms with E-state index >= 15 is 0 Å². The number of alkyl halides is 3. The van der Waals surface area contributed by atoms with E-state index in [2.05, 4.69) is 9.36 Å². The molecule has 4 nitrogen and oxygen atoms in total. The molecule has 0 aliphatic rings. The first-order valence-electron chi connectivity index (χ1n) is 3.99. The van der Waals surface area contributed by atoms with Gasteiger partial charge in [0.25, 0.3) is 0 Å². The zero-order valence-corrected chi connectivity index (χ0v) is 8.39. The molecule has 1 heterocycles. The van der Waals surface area contributed by atoms with E-state index in [-0.39, 0.29) is 11.4 Å². The van der Waals surface area contributed by atoms with Crippen molar-refractivity contribution in [3.8, 4) is 0 Å². The minimum Gasteiger partial charge on any atom is -0.481 e. The third-order valence-electron chi connectivity index (χ3n) is 1.70. The van der Waals surface area contributed by atoms with Gasteiger partial charge in [-0.2, -0.15) is 17.5 Å². The Morgan fingerprint density at radius 1 is 1.60 bits per heavy atom. The molecular weight excluding hydrogens is 233 g/mol. The lowest BCUT2D eigenvalue weighted by Gasteiger charge is -2.03. The summed E-state index contributed by atoms with van der Waals surface area (Å²) in [7, 11) is 0. The van der Waals surface area contributed by atoms with Crippen molar-refractivity contribution in [2.45, 2.75) is 25.4 Å². The molecule has 1 aromatic heterocycles. The summed E-state index contributed by atoms with van der Waals surface area (Å²) >= 11 is 0.475. The Labute approximate surface area is 86.9 Å². The van der Waals surface area contributed by atoms with Crippen LogP contribution in [0.2, 0.25) is 0 Å². The molecule has 0 bridgehead atoms. The third-order valence-corrected chi connectivity index (χ3v) is 2.53. The van der Waals surface area contributed by atoms with Crippen molar-refractivity contribution in [1.29, 1.82) is 0 Å². The van der Waals surface area contributed by atoms with Gasteiger partial charge in [0, 0.05) is 0 Å². The van der Waals surface area contributed by atoms with Gasteiger partial charge >= 0.3 is 12.1 Å². The van der Waals surface area contributed by atoms with Crippen LogP contribution in [0.3, 0.4) is 0 Å². The van der Waals surface area contributed by atoms with Crippen LogP contribution in [-0.4, -0.2) is 20.4 Å². The summed E-state index contributed by atoms with van der Waals surface area (Å²) in [5.74, 6) is -3.48. The number of aliphatic carboxylic acids is 1. The molecule has 1 aromatic rings. The van der Waals surface area contributed by atoms with Crippen LogP contribution >= 0.6 is 11.5 Å². The summed E-state index contributed by atoms with van der Waals surface area (Å²) in [4.78, 5) is 13.8. The zero-order chi connectivity index (χ0) is 11.6. The minimum absolute atomic E-state index is 0.114. The highest BCUT2D eigenvalue weighted by Crippen LogP contribution is 2.30. The van der Waals surface area contributed by atoms with Gasteiger partial charge < -0.3 is 5.11 Å². The van der Waals surface area contributed by atoms with Crippen molar-refractivity contribution < 1.29 is 23.1 Å². The molecule has 0 fully saturated rings. The van der Waals surface area contributed by atoms with Crippen molar-refractivity contribution in [2.75, 3.05) is 0 Å². The Bertz CT molecular complexity index is 363. The van der Waals surface area contributed by atoms with E-state index in [1.807, 2.05) is 0 Å². The van der Waals surface area contributed by atoms with Gasteiger partial charge in [0.2, 0.25) is 5.82 Å². The third kappa shape index (κ3) is 2.65. The molecule has 15 heavy (non-hydrogen) atoms. The SMILES string of the molecule is CCC(C(=O)O)c1nc(C(F)(F)F)ns1. The fourth-order valence-electron chi connectivity index (χ4n) is 0.947. The Hall–Kier alpha value is -1.18. The largest absolute Gasteiger partial charge is 0.481 e. The summed E-state index contributed by atoms with van der Waals surface area (Å²) in [6.45, 7) is 1.56. The smallest absolute Gasteiger partial charge is 0.452 e. The molecule has 0 saturated carbocycles. The van der Waals surface area contributed by atoms with Crippen LogP contribution in [0.5, 0.6) is 0 Å². The highest BCUT2D eigenvalue weighted by atomic mass is 32.1. The highest BCUT2D eigenvalue weighted by molar-refractivity contribution is 7.05. The standard InChI is InChI=1S/C7H7F3N2O2S/c1-2-3(5(13)14)4-11-6(12-15-4)7(8,9)10/h3H,2H2,1H3,(H,13,14). The molecule has 84 valence electrons. The number of halogens is 3. The summed E-state index contributed by atoms with van der Waals surface area (Å²) in [6.07, 6.45) is -4.44. The van der Waals surface area contributed by atoms with E-state index in [9.17, 15) is 18.0 Å². The Morgan fingerprint density at radius 2 is 2.20 bits per heavy atom. The summed E-state index contributed by atoms with van der Waals surface area (Å²) in [5, 5.41) is 8.58. The highest BCUT2D eigenvalue weighted by Gasteiger charge is 2.37. The molecule has 0 aliphatic carbocycles. The van der Waals surface area contributed by atoms with Crippen LogP contribution in [0.15, 0.2) is 0 Å². The summed E-state index contributed by atoms with van der Waals surface area (Å²) in [5.41, 5.74) is 0. The lowest BCUT2D eigenvalue weighted by atomic mass is 10.1. The molecule has 0 aromatic carbocycles. The number of carbonyl (C=O) groups is 1. The van der Waals surface area contributed by atoms with E-state index in [1.54, 1.807) is 6.92 Å². The number of carboxylic acid groups (broad SMARTS) is 1. The van der Waals surface area contributed by atoms with E-state index < -0.39 is 23.9 Å². The fraction of sp³-hybridized carbons (Fsp3) is 0.571. The van der Waals surface area contributed by atoms with Crippen LogP contribution in [0, 0.1) is 0 Å². The van der Waals surface area contributed by atoms with Gasteiger partial charge in [-0.1, -0.05) is 6.92 Å². The van der Waals surface area contributed by atoms with Crippen LogP contribution in [0.4, 0.5) is 13.2 Å². The number of rotatable bonds is 3. The second-order valence-corrected chi connectivity index (χ2v) is 3.54. The summed E-state index contributed by atoms with van der Waals surface area (Å²) in [6, 6.07) is 0. The van der Waals surface area contributed by atoms with Gasteiger partial charge in [-0.05, 0) is 18.0 Å². The first-order valence-corrected chi connectivity index (χ1v) is 4.77. The second-order valence-electron chi connectivity index (χ2n) is 2.75. The van der Waals surface area contributed by atoms with E-state index in [0.717, 1.165) is 0 Å². The molecule has 1 atom stereocenters. The van der Waals surface area contributed by atoms with Crippen LogP contribution < -0.4 is 0 Å². The predicted octanol–water partition coefficient (Wildman–Crippen LogP) is 2.14. The monoisotopic (exact) mass is 240 g/mol. The average Bonchev–Trinajstić information content (AvgIpc) is 2.52. The Morgan fingerprint density at radius 3 is 2.53 bits per heavy atom. The molecule has 8 heteroatoms. The van der Waals surface area contributed by atoms with Crippen molar-refractivity contribution in [3.05, 3.63) is 10.8 Å². The molecule has 1 unspecified atom stereocenters. The van der Waals surface area contributed by atoms with Crippen molar-refractivity contribution in [1.82, 2.24) is 9.36 Å². The molecule has 0 radical (unpaired) electrons. The van der Waals surface area contributed by atoms with Gasteiger partial charge in [0.15, 0.2) is 0 Å². The lowest BCUT2D eigenvalue weighted by molar-refractivity contribution is -0.145. The van der Waals surface area contributed by atoms with Crippen molar-refractivity contribution >= 4 is 17.5 Å². The lowest BCUT2D eigenvalue weighted by Crippen LogP contribution is -2.12. The van der Waals surface area contributed by atoms with Crippen LogP contribution in [-0.2, 0) is 11.0 Å². The topological polar surface area (TPSA) is 63.1 Å². The molecule has 0 aliphatic heterocycles. The Balaban J connectivity index is 2.97. The van der Waals surface area contributed by atoms with Gasteiger partial charge in [-0.15, -0.1) is 0 Å². The summed E-state index contributed by atoms with van der Waals surface area (Å²) < 4.78 is 39.4. The first kappa shape index (κ1) is 11.9. The number of carboxylic acids is 1. The second kappa shape index (κ2) is 4.13. The van der Waals surface area contributed by atoms with Crippen molar-refractivity contribution in [3.63, 3.8) is 0 Å². The first-order chi connectivity index (χ1) is 6.86. The zero-order valence-electron chi connectivity index (χ0n) is 7.58. The fourth-order valence-corrected chi connectivity index (χ4v) is 1.79. The maximum atomic E-state index is 12.1. The van der Waals surface area contributed by atoms with E-state index in [1.165, 1.54) is 0 Å². The predicted molar refractivity (Wildman–Crippen MR) is 45.6 cm³/mol. The average molecular weight is 240 g/mol.